The molecule has 1 atom stereocenters. The zero-order valence-corrected chi connectivity index (χ0v) is 41.3. The first-order valence-corrected chi connectivity index (χ1v) is 21.8. The van der Waals surface area contributed by atoms with Gasteiger partial charge >= 0.3 is 0 Å². The maximum atomic E-state index is 3.98. The molecule has 0 saturated carbocycles. The first-order valence-electron chi connectivity index (χ1n) is 21.8. The Morgan fingerprint density at radius 3 is 1.51 bits per heavy atom. The lowest BCUT2D eigenvalue weighted by molar-refractivity contribution is 0.240. The Bertz CT molecular complexity index is 1440. The Balaban J connectivity index is -0.0000000822. The van der Waals surface area contributed by atoms with E-state index in [1.54, 1.807) is 0 Å². The molecule has 358 valence electrons. The number of allylic oxidation sites excluding steroid dienone is 11. The SMILES string of the molecule is C.C.C.C.C.C=C(C)/C=C(\C=C/CC)C(C)Cc1ccccc1.C=C(C)/C=C\C(=C/C)CC(C)C.C=C(C)c1ccc(C)c(C(C)(C)C)c1.CC.CC.CCC(C)(C)C(C)C. The van der Waals surface area contributed by atoms with E-state index in [9.17, 15) is 0 Å². The third-order valence-electron chi connectivity index (χ3n) is 9.52. The molecule has 0 aliphatic rings. The van der Waals surface area contributed by atoms with Gasteiger partial charge in [0.05, 0.1) is 0 Å². The minimum Gasteiger partial charge on any atom is -0.0961 e. The molecule has 2 aromatic rings. The van der Waals surface area contributed by atoms with Crippen LogP contribution in [0.5, 0.6) is 0 Å². The number of aryl methyl sites for hydroxylation is 1. The van der Waals surface area contributed by atoms with Gasteiger partial charge in [0, 0.05) is 0 Å². The van der Waals surface area contributed by atoms with Crippen LogP contribution in [0.15, 0.2) is 127 Å². The fourth-order valence-electron chi connectivity index (χ4n) is 5.09. The largest absolute Gasteiger partial charge is 0.0961 e. The fraction of sp³-hybridized carbons (Fsp3) is 0.574. The molecule has 2 rings (SSSR count). The maximum Gasteiger partial charge on any atom is -0.0129 e. The lowest BCUT2D eigenvalue weighted by Gasteiger charge is -2.27. The monoisotopic (exact) mass is 847 g/mol. The van der Waals surface area contributed by atoms with Crippen LogP contribution in [-0.4, -0.2) is 0 Å². The quantitative estimate of drug-likeness (QED) is 0.176. The van der Waals surface area contributed by atoms with Crippen LogP contribution in [0.4, 0.5) is 0 Å². The molecule has 2 aromatic carbocycles. The number of hydrogen-bond donors (Lipinski definition) is 0. The van der Waals surface area contributed by atoms with Gasteiger partial charge in [-0.15, -0.1) is 0 Å². The Morgan fingerprint density at radius 2 is 1.18 bits per heavy atom. The summed E-state index contributed by atoms with van der Waals surface area (Å²) in [5, 5.41) is 0. The van der Waals surface area contributed by atoms with E-state index < -0.39 is 0 Å². The lowest BCUT2D eigenvalue weighted by Crippen LogP contribution is -2.17. The minimum atomic E-state index is 0. The van der Waals surface area contributed by atoms with Crippen molar-refractivity contribution in [3.8, 4) is 0 Å². The Kier molecular flexibility index (Phi) is 57.2. The van der Waals surface area contributed by atoms with E-state index in [1.807, 2.05) is 34.6 Å². The van der Waals surface area contributed by atoms with Crippen molar-refractivity contribution in [2.24, 2.45) is 23.2 Å². The normalized spacial score (nSPS) is 11.1. The second-order valence-electron chi connectivity index (χ2n) is 17.1. The van der Waals surface area contributed by atoms with Gasteiger partial charge in [-0.2, -0.15) is 0 Å². The number of rotatable bonds is 13. The summed E-state index contributed by atoms with van der Waals surface area (Å²) in [5.74, 6) is 2.06. The van der Waals surface area contributed by atoms with Crippen LogP contribution in [-0.2, 0) is 11.8 Å². The highest BCUT2D eigenvalue weighted by molar-refractivity contribution is 5.63. The molecule has 1 unspecified atom stereocenters. The summed E-state index contributed by atoms with van der Waals surface area (Å²) in [6, 6.07) is 17.2. The predicted molar refractivity (Wildman–Crippen MR) is 299 cm³/mol. The summed E-state index contributed by atoms with van der Waals surface area (Å²) in [6.45, 7) is 57.3. The predicted octanol–water partition coefficient (Wildman–Crippen LogP) is 22.1. The first kappa shape index (κ1) is 78.1. The molecule has 0 heteroatoms. The molecule has 0 nitrogen and oxygen atoms in total. The molecule has 0 radical (unpaired) electrons. The van der Waals surface area contributed by atoms with Crippen molar-refractivity contribution >= 4 is 5.57 Å². The van der Waals surface area contributed by atoms with Gasteiger partial charge in [0.15, 0.2) is 0 Å². The molecular formula is C61H114. The van der Waals surface area contributed by atoms with E-state index in [2.05, 4.69) is 216 Å². The van der Waals surface area contributed by atoms with E-state index in [-0.39, 0.29) is 42.5 Å². The molecule has 0 bridgehead atoms. The van der Waals surface area contributed by atoms with Gasteiger partial charge in [0.1, 0.15) is 0 Å². The van der Waals surface area contributed by atoms with Crippen LogP contribution >= 0.6 is 0 Å². The number of benzene rings is 2. The number of hydrogen-bond acceptors (Lipinski definition) is 0. The van der Waals surface area contributed by atoms with E-state index >= 15 is 0 Å². The van der Waals surface area contributed by atoms with E-state index in [0.29, 0.717) is 11.3 Å². The molecule has 61 heavy (non-hydrogen) atoms. The third-order valence-corrected chi connectivity index (χ3v) is 9.52. The minimum absolute atomic E-state index is 0. The fourth-order valence-corrected chi connectivity index (χ4v) is 5.09. The van der Waals surface area contributed by atoms with Gasteiger partial charge in [-0.05, 0) is 110 Å². The highest BCUT2D eigenvalue weighted by Gasteiger charge is 2.19. The van der Waals surface area contributed by atoms with Crippen molar-refractivity contribution in [1.29, 1.82) is 0 Å². The van der Waals surface area contributed by atoms with Crippen molar-refractivity contribution in [3.63, 3.8) is 0 Å². The van der Waals surface area contributed by atoms with Crippen molar-refractivity contribution < 1.29 is 0 Å². The summed E-state index contributed by atoms with van der Waals surface area (Å²) >= 11 is 0. The standard InChI is InChI=1S/C18H24.C14H20.C12H20.C8H18.2C2H6.5CH4/c1-5-6-12-18(13-15(2)3)16(4)14-17-10-8-7-9-11-17;1-10(2)12-8-7-11(3)13(9-12)14(4,5)6;1-6-12(9-11(4)5)8-7-10(2)3;1-6-8(4,5)7(2)3;2*1-2;;;;;/h6-13,16H,2,5,14H2,1,3-4H3;7-9H,1H2,2-6H3;6-8,11H,2,9H2,1,3-5H3;7H,6H2,1-5H3;2*1-2H3;5*1H4/b12-6-,18-13+;;8-7-,12-6+;;;;;;;;. The average molecular weight is 848 g/mol. The van der Waals surface area contributed by atoms with Gasteiger partial charge in [-0.25, -0.2) is 0 Å². The van der Waals surface area contributed by atoms with Crippen LogP contribution in [0.25, 0.3) is 5.57 Å². The van der Waals surface area contributed by atoms with Gasteiger partial charge in [0.2, 0.25) is 0 Å². The molecule has 0 fully saturated rings. The average Bonchev–Trinajstić information content (AvgIpc) is 3.13. The Hall–Kier alpha value is -3.38. The third kappa shape index (κ3) is 41.7. The second kappa shape index (κ2) is 44.7. The molecule has 0 amide bonds. The molecule has 0 spiro atoms. The van der Waals surface area contributed by atoms with Crippen LogP contribution in [0, 0.1) is 30.1 Å². The van der Waals surface area contributed by atoms with Crippen LogP contribution < -0.4 is 0 Å². The van der Waals surface area contributed by atoms with Crippen LogP contribution in [0.3, 0.4) is 0 Å². The highest BCUT2D eigenvalue weighted by Crippen LogP contribution is 2.29. The summed E-state index contributed by atoms with van der Waals surface area (Å²) in [7, 11) is 0. The molecule has 0 N–H and O–H groups in total. The highest BCUT2D eigenvalue weighted by atomic mass is 14.2. The van der Waals surface area contributed by atoms with Gasteiger partial charge < -0.3 is 0 Å². The molecule has 0 aromatic heterocycles. The zero-order valence-electron chi connectivity index (χ0n) is 41.3. The Labute approximate surface area is 390 Å². The maximum absolute atomic E-state index is 3.98. The van der Waals surface area contributed by atoms with Crippen molar-refractivity contribution in [1.82, 2.24) is 0 Å². The summed E-state index contributed by atoms with van der Waals surface area (Å²) in [4.78, 5) is 0. The molecular weight excluding hydrogens is 733 g/mol. The molecule has 0 heterocycles. The van der Waals surface area contributed by atoms with E-state index in [4.69, 9.17) is 0 Å². The zero-order chi connectivity index (χ0) is 44.7. The van der Waals surface area contributed by atoms with E-state index in [0.717, 1.165) is 47.8 Å². The lowest BCUT2D eigenvalue weighted by atomic mass is 9.79. The van der Waals surface area contributed by atoms with Crippen molar-refractivity contribution in [2.45, 2.75) is 214 Å². The second-order valence-corrected chi connectivity index (χ2v) is 17.1. The van der Waals surface area contributed by atoms with Gasteiger partial charge in [0.25, 0.3) is 0 Å². The summed E-state index contributed by atoms with van der Waals surface area (Å²) < 4.78 is 0. The molecule has 0 saturated heterocycles. The summed E-state index contributed by atoms with van der Waals surface area (Å²) in [6.07, 6.45) is 17.6. The van der Waals surface area contributed by atoms with Gasteiger partial charge in [-0.1, -0.05) is 281 Å². The molecule has 0 aliphatic carbocycles. The van der Waals surface area contributed by atoms with Crippen LogP contribution in [0.1, 0.15) is 217 Å². The Morgan fingerprint density at radius 1 is 0.689 bits per heavy atom. The van der Waals surface area contributed by atoms with Gasteiger partial charge in [-0.3, -0.25) is 0 Å². The van der Waals surface area contributed by atoms with E-state index in [1.165, 1.54) is 39.8 Å². The topological polar surface area (TPSA) is 0 Å². The van der Waals surface area contributed by atoms with Crippen molar-refractivity contribution in [3.05, 3.63) is 149 Å². The first-order chi connectivity index (χ1) is 26.0. The van der Waals surface area contributed by atoms with Crippen LogP contribution in [0.2, 0.25) is 0 Å². The summed E-state index contributed by atoms with van der Waals surface area (Å²) in [5.41, 5.74) is 12.3. The smallest absolute Gasteiger partial charge is 0.0129 e. The molecule has 0 aliphatic heterocycles. The van der Waals surface area contributed by atoms with Crippen molar-refractivity contribution in [2.75, 3.05) is 0 Å².